The summed E-state index contributed by atoms with van der Waals surface area (Å²) in [6.07, 6.45) is 5.14. The first-order chi connectivity index (χ1) is 12.1. The maximum atomic E-state index is 12.1. The number of nitrogens with one attached hydrogen (secondary N) is 1. The van der Waals surface area contributed by atoms with Gasteiger partial charge in [-0.1, -0.05) is 13.3 Å². The number of fused-ring (bicyclic) bond motifs is 1. The molecule has 1 aromatic heterocycles. The second-order valence-electron chi connectivity index (χ2n) is 6.44. The zero-order valence-corrected chi connectivity index (χ0v) is 16.2. The first kappa shape index (κ1) is 19.8. The van der Waals surface area contributed by atoms with Gasteiger partial charge in [0.25, 0.3) is 0 Å². The lowest BCUT2D eigenvalue weighted by Gasteiger charge is -2.27. The van der Waals surface area contributed by atoms with E-state index in [0.29, 0.717) is 32.4 Å². The Morgan fingerprint density at radius 3 is 2.92 bits per heavy atom. The third-order valence-electron chi connectivity index (χ3n) is 4.21. The molecule has 0 unspecified atom stereocenters. The van der Waals surface area contributed by atoms with Crippen LogP contribution in [0.25, 0.3) is 0 Å². The highest BCUT2D eigenvalue weighted by molar-refractivity contribution is 7.99. The van der Waals surface area contributed by atoms with Gasteiger partial charge in [-0.2, -0.15) is 16.9 Å². The largest absolute Gasteiger partial charge is 0.356 e. The van der Waals surface area contributed by atoms with Crippen molar-refractivity contribution in [3.63, 3.8) is 0 Å². The van der Waals surface area contributed by atoms with Crippen molar-refractivity contribution in [2.45, 2.75) is 58.9 Å². The fourth-order valence-corrected chi connectivity index (χ4v) is 3.90. The van der Waals surface area contributed by atoms with E-state index in [0.717, 1.165) is 30.2 Å². The topological polar surface area (TPSA) is 67.2 Å². The lowest BCUT2D eigenvalue weighted by Crippen LogP contribution is -2.38. The predicted molar refractivity (Wildman–Crippen MR) is 103 cm³/mol. The lowest BCUT2D eigenvalue weighted by atomic mass is 10.2. The summed E-state index contributed by atoms with van der Waals surface area (Å²) in [7, 11) is 0. The number of unbranched alkanes of at least 4 members (excludes halogenated alkanes) is 1. The van der Waals surface area contributed by atoms with Gasteiger partial charge >= 0.3 is 0 Å². The van der Waals surface area contributed by atoms with E-state index in [9.17, 15) is 9.59 Å². The lowest BCUT2D eigenvalue weighted by molar-refractivity contribution is -0.122. The molecule has 140 valence electrons. The van der Waals surface area contributed by atoms with Crippen LogP contribution in [-0.4, -0.2) is 46.2 Å². The minimum atomic E-state index is 0.0766. The highest BCUT2D eigenvalue weighted by Crippen LogP contribution is 2.22. The van der Waals surface area contributed by atoms with Crippen LogP contribution in [-0.2, 0) is 16.1 Å². The van der Waals surface area contributed by atoms with E-state index >= 15 is 0 Å². The van der Waals surface area contributed by atoms with Crippen LogP contribution in [0.2, 0.25) is 0 Å². The molecule has 25 heavy (non-hydrogen) atoms. The molecule has 0 fully saturated rings. The van der Waals surface area contributed by atoms with Crippen LogP contribution >= 0.6 is 11.8 Å². The Balaban J connectivity index is 1.62. The molecule has 0 bridgehead atoms. The molecule has 0 aliphatic carbocycles. The number of carbonyl (C=O) groups is 2. The van der Waals surface area contributed by atoms with Crippen LogP contribution in [0.1, 0.15) is 51.1 Å². The minimum Gasteiger partial charge on any atom is -0.356 e. The number of amides is 2. The number of aryl methyl sites for hydroxylation is 2. The van der Waals surface area contributed by atoms with E-state index in [2.05, 4.69) is 17.3 Å². The summed E-state index contributed by atoms with van der Waals surface area (Å²) in [4.78, 5) is 25.8. The van der Waals surface area contributed by atoms with Crippen LogP contribution in [0.15, 0.2) is 6.07 Å². The summed E-state index contributed by atoms with van der Waals surface area (Å²) in [5, 5.41) is 7.37. The third kappa shape index (κ3) is 6.38. The zero-order valence-electron chi connectivity index (χ0n) is 15.4. The summed E-state index contributed by atoms with van der Waals surface area (Å²) >= 11 is 1.96. The van der Waals surface area contributed by atoms with Gasteiger partial charge in [0.15, 0.2) is 0 Å². The van der Waals surface area contributed by atoms with Crippen LogP contribution in [0, 0.1) is 6.92 Å². The van der Waals surface area contributed by atoms with E-state index in [1.165, 1.54) is 18.6 Å². The Kier molecular flexibility index (Phi) is 8.31. The van der Waals surface area contributed by atoms with E-state index in [1.54, 1.807) is 4.90 Å². The Bertz CT molecular complexity index is 573. The fraction of sp³-hybridized carbons (Fsp3) is 0.722. The van der Waals surface area contributed by atoms with Crippen LogP contribution in [0.5, 0.6) is 0 Å². The molecule has 7 heteroatoms. The molecular formula is C18H30N4O2S. The van der Waals surface area contributed by atoms with Gasteiger partial charge in [0.1, 0.15) is 5.82 Å². The van der Waals surface area contributed by atoms with Crippen molar-refractivity contribution in [2.75, 3.05) is 29.5 Å². The fourth-order valence-electron chi connectivity index (χ4n) is 2.85. The minimum absolute atomic E-state index is 0.0766. The second kappa shape index (κ2) is 10.5. The van der Waals surface area contributed by atoms with Crippen molar-refractivity contribution in [2.24, 2.45) is 0 Å². The maximum Gasteiger partial charge on any atom is 0.229 e. The van der Waals surface area contributed by atoms with Crippen molar-refractivity contribution in [3.8, 4) is 0 Å². The monoisotopic (exact) mass is 366 g/mol. The van der Waals surface area contributed by atoms with Crippen molar-refractivity contribution in [1.29, 1.82) is 0 Å². The zero-order chi connectivity index (χ0) is 18.1. The molecule has 1 aliphatic heterocycles. The first-order valence-corrected chi connectivity index (χ1v) is 10.5. The Morgan fingerprint density at radius 2 is 2.12 bits per heavy atom. The van der Waals surface area contributed by atoms with Crippen molar-refractivity contribution < 1.29 is 9.59 Å². The van der Waals surface area contributed by atoms with Gasteiger partial charge in [-0.15, -0.1) is 0 Å². The van der Waals surface area contributed by atoms with E-state index in [4.69, 9.17) is 0 Å². The SMILES string of the molecule is CCCCSCCCNC(=O)CCCN1C(=O)CCn2nc(C)cc21. The maximum absolute atomic E-state index is 12.1. The molecule has 2 amide bonds. The summed E-state index contributed by atoms with van der Waals surface area (Å²) in [6, 6.07) is 1.94. The number of hydrogen-bond acceptors (Lipinski definition) is 4. The molecule has 0 spiro atoms. The van der Waals surface area contributed by atoms with Crippen molar-refractivity contribution in [3.05, 3.63) is 11.8 Å². The van der Waals surface area contributed by atoms with E-state index in [1.807, 2.05) is 29.4 Å². The molecule has 0 saturated carbocycles. The average Bonchev–Trinajstić information content (AvgIpc) is 2.96. The highest BCUT2D eigenvalue weighted by atomic mass is 32.2. The smallest absolute Gasteiger partial charge is 0.229 e. The first-order valence-electron chi connectivity index (χ1n) is 9.31. The van der Waals surface area contributed by atoms with Gasteiger partial charge in [-0.3, -0.25) is 14.5 Å². The Hall–Kier alpha value is -1.50. The van der Waals surface area contributed by atoms with Gasteiger partial charge < -0.3 is 5.32 Å². The molecule has 0 aromatic carbocycles. The second-order valence-corrected chi connectivity index (χ2v) is 7.66. The van der Waals surface area contributed by atoms with Gasteiger partial charge in [0, 0.05) is 32.0 Å². The summed E-state index contributed by atoms with van der Waals surface area (Å²) in [5.41, 5.74) is 0.921. The molecule has 1 N–H and O–H groups in total. The molecule has 2 heterocycles. The van der Waals surface area contributed by atoms with Crippen LogP contribution in [0.3, 0.4) is 0 Å². The average molecular weight is 367 g/mol. The number of aromatic nitrogens is 2. The van der Waals surface area contributed by atoms with Gasteiger partial charge in [0.2, 0.25) is 11.8 Å². The number of carbonyl (C=O) groups excluding carboxylic acids is 2. The molecular weight excluding hydrogens is 336 g/mol. The quantitative estimate of drug-likeness (QED) is 0.612. The Morgan fingerprint density at radius 1 is 1.32 bits per heavy atom. The number of anilines is 1. The standard InChI is InChI=1S/C18H30N4O2S/c1-3-4-12-25-13-6-9-19-16(23)7-5-10-21-17-14-15(2)20-22(17)11-8-18(21)24/h14H,3-13H2,1-2H3,(H,19,23). The normalized spacial score (nSPS) is 13.8. The molecule has 0 radical (unpaired) electrons. The molecule has 0 saturated heterocycles. The van der Waals surface area contributed by atoms with Crippen molar-refractivity contribution >= 4 is 29.4 Å². The van der Waals surface area contributed by atoms with Gasteiger partial charge in [-0.25, -0.2) is 4.68 Å². The van der Waals surface area contributed by atoms with Crippen LogP contribution in [0.4, 0.5) is 5.82 Å². The van der Waals surface area contributed by atoms with E-state index in [-0.39, 0.29) is 11.8 Å². The number of rotatable bonds is 11. The number of nitrogens with zero attached hydrogens (tertiary/aromatic N) is 3. The molecule has 2 rings (SSSR count). The molecule has 1 aromatic rings. The molecule has 1 aliphatic rings. The van der Waals surface area contributed by atoms with Gasteiger partial charge in [0.05, 0.1) is 12.2 Å². The highest BCUT2D eigenvalue weighted by Gasteiger charge is 2.25. The third-order valence-corrected chi connectivity index (χ3v) is 5.37. The number of hydrogen-bond donors (Lipinski definition) is 1. The number of thioether (sulfide) groups is 1. The van der Waals surface area contributed by atoms with Crippen molar-refractivity contribution in [1.82, 2.24) is 15.1 Å². The predicted octanol–water partition coefficient (Wildman–Crippen LogP) is 2.75. The molecule has 0 atom stereocenters. The molecule has 6 nitrogen and oxygen atoms in total. The summed E-state index contributed by atoms with van der Waals surface area (Å²) < 4.78 is 1.88. The summed E-state index contributed by atoms with van der Waals surface area (Å²) in [6.45, 7) is 6.10. The van der Waals surface area contributed by atoms with Crippen LogP contribution < -0.4 is 10.2 Å². The van der Waals surface area contributed by atoms with Gasteiger partial charge in [-0.05, 0) is 37.7 Å². The Labute approximate surface area is 154 Å². The summed E-state index contributed by atoms with van der Waals surface area (Å²) in [5.74, 6) is 3.37. The van der Waals surface area contributed by atoms with E-state index < -0.39 is 0 Å².